The summed E-state index contributed by atoms with van der Waals surface area (Å²) in [6.07, 6.45) is -0.00798. The minimum atomic E-state index is -1.01. The van der Waals surface area contributed by atoms with E-state index in [0.717, 1.165) is 27.8 Å². The van der Waals surface area contributed by atoms with Crippen LogP contribution in [0.3, 0.4) is 0 Å². The molecular formula is C36H44N6O7. The number of hydrogen-bond acceptors (Lipinski definition) is 8. The zero-order chi connectivity index (χ0) is 35.5. The number of ether oxygens (including phenoxy) is 2. The van der Waals surface area contributed by atoms with Crippen LogP contribution >= 0.6 is 0 Å². The number of carbonyl (C=O) groups excluding carboxylic acids is 5. The molecule has 0 heterocycles. The molecule has 5 amide bonds. The molecule has 0 saturated carbocycles. The molecular weight excluding hydrogens is 628 g/mol. The number of fused-ring (bicyclic) bond motifs is 3. The van der Waals surface area contributed by atoms with Gasteiger partial charge in [-0.3, -0.25) is 14.4 Å². The predicted molar refractivity (Wildman–Crippen MR) is 184 cm³/mol. The van der Waals surface area contributed by atoms with Crippen LogP contribution in [0.15, 0.2) is 72.8 Å². The van der Waals surface area contributed by atoms with Crippen molar-refractivity contribution in [2.45, 2.75) is 57.2 Å². The maximum Gasteiger partial charge on any atom is 0.407 e. The number of nitrogens with one attached hydrogen (secondary N) is 4. The molecule has 0 radical (unpaired) electrons. The highest BCUT2D eigenvalue weighted by Crippen LogP contribution is 2.44. The summed E-state index contributed by atoms with van der Waals surface area (Å²) in [5.74, 6) is -2.10. The number of primary amides is 1. The molecule has 4 rings (SSSR count). The lowest BCUT2D eigenvalue weighted by Crippen LogP contribution is -2.54. The maximum atomic E-state index is 13.5. The summed E-state index contributed by atoms with van der Waals surface area (Å²) >= 11 is 0. The number of methoxy groups -OCH3 is 1. The third kappa shape index (κ3) is 9.80. The average Bonchev–Trinajstić information content (AvgIpc) is 3.41. The van der Waals surface area contributed by atoms with Crippen molar-refractivity contribution < 1.29 is 33.4 Å². The molecule has 0 aromatic heterocycles. The zero-order valence-corrected chi connectivity index (χ0v) is 27.9. The predicted octanol–water partition coefficient (Wildman–Crippen LogP) is 3.16. The minimum Gasteiger partial charge on any atom is -0.468 e. The van der Waals surface area contributed by atoms with Gasteiger partial charge in [-0.1, -0.05) is 74.5 Å². The molecule has 260 valence electrons. The minimum absolute atomic E-state index is 0.0810. The summed E-state index contributed by atoms with van der Waals surface area (Å²) in [6, 6.07) is 19.2. The van der Waals surface area contributed by atoms with Crippen LogP contribution < -0.4 is 32.7 Å². The lowest BCUT2D eigenvalue weighted by atomic mass is 9.98. The Bertz CT molecular complexity index is 1600. The Morgan fingerprint density at radius 1 is 0.837 bits per heavy atom. The van der Waals surface area contributed by atoms with Crippen molar-refractivity contribution >= 4 is 35.6 Å². The van der Waals surface area contributed by atoms with Gasteiger partial charge in [0.2, 0.25) is 11.8 Å². The molecule has 3 atom stereocenters. The first-order chi connectivity index (χ1) is 23.5. The van der Waals surface area contributed by atoms with E-state index < -0.39 is 48.0 Å². The Labute approximate surface area is 285 Å². The quantitative estimate of drug-likeness (QED) is 0.104. The lowest BCUT2D eigenvalue weighted by molar-refractivity contribution is -0.142. The van der Waals surface area contributed by atoms with Crippen LogP contribution in [0, 0.1) is 5.92 Å². The van der Waals surface area contributed by atoms with Crippen LogP contribution in [0.1, 0.15) is 49.3 Å². The summed E-state index contributed by atoms with van der Waals surface area (Å²) in [5, 5.41) is 10.7. The monoisotopic (exact) mass is 672 g/mol. The van der Waals surface area contributed by atoms with Gasteiger partial charge in [0.15, 0.2) is 0 Å². The SMILES string of the molecule is COC(=O)[C@@H](N)Cc1ccc(NC(=O)[C@H](CCCNC(N)=O)NC(=O)C(NC(=O)OCC2c3ccccc3-c3ccccc32)C(C)C)cc1. The topological polar surface area (TPSA) is 204 Å². The molecule has 0 fully saturated rings. The Hall–Kier alpha value is -5.43. The standard InChI is InChI=1S/C36H44N6O7/c1-21(2)31(42-36(47)49-20-28-26-11-6-4-9-24(26)25-10-5-7-12-27(25)28)33(44)41-30(13-8-18-39-35(38)46)32(43)40-23-16-14-22(15-17-23)19-29(37)34(45)48-3/h4-7,9-12,14-17,21,28-31H,8,13,18-20,37H2,1-3H3,(H,40,43)(H,41,44)(H,42,47)(H3,38,39,46)/t29-,30-,31?/m0/s1. The van der Waals surface area contributed by atoms with Crippen LogP contribution in [0.4, 0.5) is 15.3 Å². The van der Waals surface area contributed by atoms with Gasteiger partial charge in [0.25, 0.3) is 0 Å². The first-order valence-electron chi connectivity index (χ1n) is 16.2. The van der Waals surface area contributed by atoms with E-state index in [2.05, 4.69) is 26.0 Å². The van der Waals surface area contributed by atoms with Crippen molar-refractivity contribution in [1.82, 2.24) is 16.0 Å². The molecule has 3 aromatic rings. The van der Waals surface area contributed by atoms with E-state index in [1.165, 1.54) is 7.11 Å². The van der Waals surface area contributed by atoms with Crippen molar-refractivity contribution in [1.29, 1.82) is 0 Å². The Balaban J connectivity index is 1.39. The van der Waals surface area contributed by atoms with Gasteiger partial charge in [0, 0.05) is 18.2 Å². The Morgan fingerprint density at radius 3 is 2.02 bits per heavy atom. The smallest absolute Gasteiger partial charge is 0.407 e. The maximum absolute atomic E-state index is 13.5. The van der Waals surface area contributed by atoms with Crippen LogP contribution in [-0.2, 0) is 30.3 Å². The molecule has 0 bridgehead atoms. The molecule has 0 saturated heterocycles. The number of carbonyl (C=O) groups is 5. The molecule has 1 aliphatic rings. The number of hydrogen-bond donors (Lipinski definition) is 6. The third-order valence-corrected chi connectivity index (χ3v) is 8.35. The van der Waals surface area contributed by atoms with Crippen molar-refractivity contribution in [2.75, 3.05) is 25.6 Å². The number of amides is 5. The normalized spacial score (nSPS) is 13.7. The number of urea groups is 1. The Kier molecular flexibility index (Phi) is 12.7. The highest BCUT2D eigenvalue weighted by atomic mass is 16.5. The van der Waals surface area contributed by atoms with Crippen molar-refractivity contribution in [3.63, 3.8) is 0 Å². The molecule has 0 aliphatic heterocycles. The summed E-state index contributed by atoms with van der Waals surface area (Å²) < 4.78 is 10.3. The molecule has 1 aliphatic carbocycles. The third-order valence-electron chi connectivity index (χ3n) is 8.35. The first kappa shape index (κ1) is 36.4. The van der Waals surface area contributed by atoms with Gasteiger partial charge in [-0.2, -0.15) is 0 Å². The second-order valence-electron chi connectivity index (χ2n) is 12.2. The van der Waals surface area contributed by atoms with Gasteiger partial charge in [-0.25, -0.2) is 9.59 Å². The highest BCUT2D eigenvalue weighted by Gasteiger charge is 2.32. The lowest BCUT2D eigenvalue weighted by Gasteiger charge is -2.25. The van der Waals surface area contributed by atoms with Crippen molar-refractivity contribution in [2.24, 2.45) is 17.4 Å². The van der Waals surface area contributed by atoms with Crippen molar-refractivity contribution in [3.05, 3.63) is 89.5 Å². The fourth-order valence-electron chi connectivity index (χ4n) is 5.79. The van der Waals surface area contributed by atoms with Gasteiger partial charge in [0.05, 0.1) is 7.11 Å². The second kappa shape index (κ2) is 17.1. The number of esters is 1. The summed E-state index contributed by atoms with van der Waals surface area (Å²) in [7, 11) is 1.26. The number of benzene rings is 3. The zero-order valence-electron chi connectivity index (χ0n) is 27.9. The van der Waals surface area contributed by atoms with Crippen molar-refractivity contribution in [3.8, 4) is 11.1 Å². The van der Waals surface area contributed by atoms with Gasteiger partial charge in [-0.05, 0) is 65.1 Å². The van der Waals surface area contributed by atoms with E-state index in [0.29, 0.717) is 12.1 Å². The fourth-order valence-corrected chi connectivity index (χ4v) is 5.79. The van der Waals surface area contributed by atoms with Crippen LogP contribution in [0.25, 0.3) is 11.1 Å². The number of alkyl carbamates (subject to hydrolysis) is 1. The summed E-state index contributed by atoms with van der Waals surface area (Å²) in [6.45, 7) is 3.81. The van der Waals surface area contributed by atoms with Crippen LogP contribution in [0.5, 0.6) is 0 Å². The van der Waals surface area contributed by atoms with Gasteiger partial charge in [-0.15, -0.1) is 0 Å². The van der Waals surface area contributed by atoms with E-state index >= 15 is 0 Å². The summed E-state index contributed by atoms with van der Waals surface area (Å²) in [5.41, 5.74) is 16.5. The number of nitrogens with two attached hydrogens (primary N) is 2. The van der Waals surface area contributed by atoms with E-state index in [-0.39, 0.29) is 37.8 Å². The van der Waals surface area contributed by atoms with Gasteiger partial charge < -0.3 is 42.2 Å². The molecule has 0 spiro atoms. The number of rotatable bonds is 15. The largest absolute Gasteiger partial charge is 0.468 e. The molecule has 13 heteroatoms. The fraction of sp³-hybridized carbons (Fsp3) is 0.361. The van der Waals surface area contributed by atoms with E-state index in [1.54, 1.807) is 38.1 Å². The molecule has 1 unspecified atom stereocenters. The van der Waals surface area contributed by atoms with E-state index in [4.69, 9.17) is 16.2 Å². The molecule has 3 aromatic carbocycles. The Morgan fingerprint density at radius 2 is 1.45 bits per heavy atom. The highest BCUT2D eigenvalue weighted by molar-refractivity contribution is 5.98. The molecule has 13 nitrogen and oxygen atoms in total. The summed E-state index contributed by atoms with van der Waals surface area (Å²) in [4.78, 5) is 62.8. The van der Waals surface area contributed by atoms with E-state index in [9.17, 15) is 24.0 Å². The van der Waals surface area contributed by atoms with Gasteiger partial charge in [0.1, 0.15) is 24.7 Å². The molecule has 49 heavy (non-hydrogen) atoms. The molecule has 8 N–H and O–H groups in total. The average molecular weight is 673 g/mol. The number of anilines is 1. The first-order valence-corrected chi connectivity index (χ1v) is 16.2. The van der Waals surface area contributed by atoms with Crippen LogP contribution in [-0.4, -0.2) is 68.3 Å². The second-order valence-corrected chi connectivity index (χ2v) is 12.2. The van der Waals surface area contributed by atoms with E-state index in [1.807, 2.05) is 48.5 Å². The van der Waals surface area contributed by atoms with Gasteiger partial charge >= 0.3 is 18.1 Å². The van der Waals surface area contributed by atoms with Crippen LogP contribution in [0.2, 0.25) is 0 Å².